The van der Waals surface area contributed by atoms with Gasteiger partial charge in [0.05, 0.1) is 6.61 Å². The van der Waals surface area contributed by atoms with Crippen LogP contribution in [0.4, 0.5) is 0 Å². The Hall–Kier alpha value is -1.09. The van der Waals surface area contributed by atoms with Crippen molar-refractivity contribution in [3.8, 4) is 0 Å². The van der Waals surface area contributed by atoms with E-state index in [1.54, 1.807) is 0 Å². The van der Waals surface area contributed by atoms with E-state index in [1.807, 2.05) is 60.7 Å². The van der Waals surface area contributed by atoms with Crippen LogP contribution in [0, 0.1) is 0 Å². The van der Waals surface area contributed by atoms with E-state index in [0.717, 1.165) is 11.1 Å². The van der Waals surface area contributed by atoms with Gasteiger partial charge in [-0.1, -0.05) is 60.7 Å². The monoisotopic (exact) mass is 300 g/mol. The quantitative estimate of drug-likeness (QED) is 0.656. The van der Waals surface area contributed by atoms with E-state index in [1.165, 1.54) is 0 Å². The van der Waals surface area contributed by atoms with Crippen LogP contribution >= 0.6 is 0 Å². The third-order valence-corrected chi connectivity index (χ3v) is 3.45. The Morgan fingerprint density at radius 1 is 0.952 bits per heavy atom. The van der Waals surface area contributed by atoms with Crippen LogP contribution in [0.2, 0.25) is 0 Å². The summed E-state index contributed by atoms with van der Waals surface area (Å²) in [5.74, 6) is -0.138. The SMILES string of the molecule is O=S(=O)(O)OCC(Cc1ccccc1)c1ccccc1.[LiH]. The standard InChI is InChI=1S/C15H16O4S.Li.H/c16-20(17,18)19-12-15(14-9-5-2-6-10-14)11-13-7-3-1-4-8-13;;/h1-10,15H,11-12H2,(H,16,17,18);;. The number of hydrogen-bond acceptors (Lipinski definition) is 3. The molecule has 2 aromatic rings. The van der Waals surface area contributed by atoms with Crippen molar-refractivity contribution in [1.29, 1.82) is 0 Å². The first-order valence-electron chi connectivity index (χ1n) is 6.25. The van der Waals surface area contributed by atoms with E-state index in [-0.39, 0.29) is 31.4 Å². The fraction of sp³-hybridized carbons (Fsp3) is 0.200. The average Bonchev–Trinajstić information content (AvgIpc) is 2.44. The van der Waals surface area contributed by atoms with Crippen LogP contribution in [0.25, 0.3) is 0 Å². The van der Waals surface area contributed by atoms with E-state index in [4.69, 9.17) is 4.55 Å². The Balaban J connectivity index is 0.00000220. The molecular formula is C15H17LiO4S. The van der Waals surface area contributed by atoms with Gasteiger partial charge in [0.2, 0.25) is 0 Å². The molecule has 21 heavy (non-hydrogen) atoms. The van der Waals surface area contributed by atoms with Crippen LogP contribution < -0.4 is 0 Å². The molecule has 0 aliphatic rings. The van der Waals surface area contributed by atoms with Crippen LogP contribution in [-0.2, 0) is 21.0 Å². The van der Waals surface area contributed by atoms with E-state index in [0.29, 0.717) is 6.42 Å². The maximum atomic E-state index is 10.8. The van der Waals surface area contributed by atoms with Gasteiger partial charge in [-0.15, -0.1) is 0 Å². The molecule has 0 fully saturated rings. The summed E-state index contributed by atoms with van der Waals surface area (Å²) in [6, 6.07) is 19.3. The van der Waals surface area contributed by atoms with Gasteiger partial charge in [-0.3, -0.25) is 4.55 Å². The first kappa shape index (κ1) is 18.0. The summed E-state index contributed by atoms with van der Waals surface area (Å²) in [6.07, 6.45) is 0.639. The molecule has 1 N–H and O–H groups in total. The zero-order valence-electron chi connectivity index (χ0n) is 10.8. The molecule has 0 heterocycles. The van der Waals surface area contributed by atoms with E-state index in [2.05, 4.69) is 4.18 Å². The minimum absolute atomic E-state index is 0. The van der Waals surface area contributed by atoms with E-state index >= 15 is 0 Å². The van der Waals surface area contributed by atoms with Gasteiger partial charge in [-0.05, 0) is 17.5 Å². The zero-order chi connectivity index (χ0) is 14.4. The van der Waals surface area contributed by atoms with Crippen LogP contribution in [0.5, 0.6) is 0 Å². The molecule has 4 nitrogen and oxygen atoms in total. The summed E-state index contributed by atoms with van der Waals surface area (Å²) in [4.78, 5) is 0. The second kappa shape index (κ2) is 8.37. The second-order valence-corrected chi connectivity index (χ2v) is 5.60. The summed E-state index contributed by atoms with van der Waals surface area (Å²) < 4.78 is 34.8. The molecule has 0 spiro atoms. The molecule has 6 heteroatoms. The Labute approximate surface area is 137 Å². The molecule has 2 aromatic carbocycles. The number of benzene rings is 2. The second-order valence-electron chi connectivity index (χ2n) is 4.51. The first-order valence-corrected chi connectivity index (χ1v) is 7.62. The predicted molar refractivity (Wildman–Crippen MR) is 84.0 cm³/mol. The summed E-state index contributed by atoms with van der Waals surface area (Å²) in [5.41, 5.74) is 2.06. The van der Waals surface area contributed by atoms with Crippen molar-refractivity contribution < 1.29 is 17.2 Å². The van der Waals surface area contributed by atoms with E-state index < -0.39 is 10.4 Å². The van der Waals surface area contributed by atoms with Gasteiger partial charge in [0, 0.05) is 5.92 Å². The zero-order valence-corrected chi connectivity index (χ0v) is 11.7. The summed E-state index contributed by atoms with van der Waals surface area (Å²) in [7, 11) is -4.42. The number of hydrogen-bond donors (Lipinski definition) is 1. The third kappa shape index (κ3) is 6.47. The maximum absolute atomic E-state index is 10.8. The fourth-order valence-electron chi connectivity index (χ4n) is 2.06. The predicted octanol–water partition coefficient (Wildman–Crippen LogP) is 2.18. The molecule has 0 aliphatic carbocycles. The van der Waals surface area contributed by atoms with Gasteiger partial charge in [-0.25, -0.2) is 4.18 Å². The molecular weight excluding hydrogens is 283 g/mol. The van der Waals surface area contributed by atoms with Crippen molar-refractivity contribution in [3.63, 3.8) is 0 Å². The molecule has 0 aromatic heterocycles. The van der Waals surface area contributed by atoms with Gasteiger partial charge in [-0.2, -0.15) is 8.42 Å². The summed E-state index contributed by atoms with van der Waals surface area (Å²) in [5, 5.41) is 0. The molecule has 0 aliphatic heterocycles. The van der Waals surface area contributed by atoms with Crippen molar-refractivity contribution in [3.05, 3.63) is 71.8 Å². The third-order valence-electron chi connectivity index (χ3n) is 3.01. The van der Waals surface area contributed by atoms with Crippen LogP contribution in [0.1, 0.15) is 17.0 Å². The van der Waals surface area contributed by atoms with Crippen molar-refractivity contribution >= 4 is 29.3 Å². The van der Waals surface area contributed by atoms with Gasteiger partial charge in [0.15, 0.2) is 0 Å². The van der Waals surface area contributed by atoms with Crippen molar-refractivity contribution in [2.75, 3.05) is 6.61 Å². The Bertz CT molecular complexity index is 629. The Morgan fingerprint density at radius 3 is 2.00 bits per heavy atom. The molecule has 1 atom stereocenters. The summed E-state index contributed by atoms with van der Waals surface area (Å²) in [6.45, 7) is -0.0856. The van der Waals surface area contributed by atoms with Crippen molar-refractivity contribution in [1.82, 2.24) is 0 Å². The van der Waals surface area contributed by atoms with Gasteiger partial charge >= 0.3 is 29.3 Å². The Morgan fingerprint density at radius 2 is 1.48 bits per heavy atom. The Kier molecular flexibility index (Phi) is 7.16. The molecule has 0 bridgehead atoms. The van der Waals surface area contributed by atoms with Gasteiger partial charge in [0.25, 0.3) is 0 Å². The number of rotatable bonds is 6. The minimum atomic E-state index is -4.42. The molecule has 1 unspecified atom stereocenters. The van der Waals surface area contributed by atoms with Crippen molar-refractivity contribution in [2.45, 2.75) is 12.3 Å². The van der Waals surface area contributed by atoms with Crippen LogP contribution in [0.15, 0.2) is 60.7 Å². The average molecular weight is 300 g/mol. The van der Waals surface area contributed by atoms with Crippen LogP contribution in [-0.4, -0.2) is 38.4 Å². The molecule has 2 rings (SSSR count). The van der Waals surface area contributed by atoms with Crippen LogP contribution in [0.3, 0.4) is 0 Å². The topological polar surface area (TPSA) is 63.6 Å². The fourth-order valence-corrected chi connectivity index (χ4v) is 2.40. The molecule has 0 amide bonds. The van der Waals surface area contributed by atoms with Gasteiger partial charge < -0.3 is 0 Å². The molecule has 0 radical (unpaired) electrons. The first-order chi connectivity index (χ1) is 9.54. The normalized spacial score (nSPS) is 12.4. The van der Waals surface area contributed by atoms with E-state index in [9.17, 15) is 8.42 Å². The summed E-state index contributed by atoms with van der Waals surface area (Å²) >= 11 is 0. The van der Waals surface area contributed by atoms with Gasteiger partial charge in [0.1, 0.15) is 0 Å². The molecule has 0 saturated carbocycles. The van der Waals surface area contributed by atoms with Crippen molar-refractivity contribution in [2.24, 2.45) is 0 Å². The molecule has 0 saturated heterocycles. The molecule has 108 valence electrons.